The monoisotopic (exact) mass is 476 g/mol. The maximum absolute atomic E-state index is 13.7. The molecule has 5 heteroatoms. The molecule has 3 aromatic carbocycles. The summed E-state index contributed by atoms with van der Waals surface area (Å²) < 4.78 is 0. The van der Waals surface area contributed by atoms with Gasteiger partial charge >= 0.3 is 0 Å². The number of rotatable bonds is 10. The second-order valence-corrected chi connectivity index (χ2v) is 9.21. The molecule has 0 heterocycles. The summed E-state index contributed by atoms with van der Waals surface area (Å²) in [5.74, 6) is -0.258. The van der Waals surface area contributed by atoms with E-state index in [9.17, 15) is 9.59 Å². The van der Waals surface area contributed by atoms with E-state index < -0.39 is 6.04 Å². The van der Waals surface area contributed by atoms with Gasteiger partial charge in [0.1, 0.15) is 6.04 Å². The molecule has 4 nitrogen and oxygen atoms in total. The molecule has 2 atom stereocenters. The molecule has 0 fully saturated rings. The van der Waals surface area contributed by atoms with Crippen molar-refractivity contribution in [3.05, 3.63) is 106 Å². The van der Waals surface area contributed by atoms with Crippen LogP contribution in [0.2, 0.25) is 5.02 Å². The standard InChI is InChI=1S/C29H33ClN2O2/c1-4-22(3)31-29(34)27(18-23-10-6-5-7-11-23)32(20-25-12-8-9-13-26(25)30)28(33)19-24-16-14-21(2)15-17-24/h5-17,22,27H,4,18-20H2,1-3H3,(H,31,34)/t22-,27+/m1/s1. The van der Waals surface area contributed by atoms with Crippen molar-refractivity contribution in [3.8, 4) is 0 Å². The first-order valence-corrected chi connectivity index (χ1v) is 12.2. The molecular weight excluding hydrogens is 444 g/mol. The van der Waals surface area contributed by atoms with Gasteiger partial charge in [-0.15, -0.1) is 0 Å². The van der Waals surface area contributed by atoms with Crippen LogP contribution >= 0.6 is 11.6 Å². The third-order valence-electron chi connectivity index (χ3n) is 6.05. The Kier molecular flexibility index (Phi) is 9.29. The Morgan fingerprint density at radius 1 is 0.912 bits per heavy atom. The van der Waals surface area contributed by atoms with Crippen molar-refractivity contribution in [2.75, 3.05) is 0 Å². The quantitative estimate of drug-likeness (QED) is 0.405. The lowest BCUT2D eigenvalue weighted by atomic mass is 10.0. The lowest BCUT2D eigenvalue weighted by Gasteiger charge is -2.32. The largest absolute Gasteiger partial charge is 0.352 e. The highest BCUT2D eigenvalue weighted by atomic mass is 35.5. The maximum atomic E-state index is 13.7. The van der Waals surface area contributed by atoms with Gasteiger partial charge in [-0.1, -0.05) is 96.9 Å². The molecule has 0 saturated heterocycles. The molecule has 3 rings (SSSR count). The smallest absolute Gasteiger partial charge is 0.243 e. The summed E-state index contributed by atoms with van der Waals surface area (Å²) >= 11 is 6.46. The van der Waals surface area contributed by atoms with Crippen molar-refractivity contribution in [2.24, 2.45) is 0 Å². The van der Waals surface area contributed by atoms with Gasteiger partial charge in [0.25, 0.3) is 0 Å². The number of nitrogens with zero attached hydrogens (tertiary/aromatic N) is 1. The fraction of sp³-hybridized carbons (Fsp3) is 0.310. The second kappa shape index (κ2) is 12.4. The third kappa shape index (κ3) is 7.19. The summed E-state index contributed by atoms with van der Waals surface area (Å²) in [6.45, 7) is 6.28. The Hall–Kier alpha value is -3.11. The maximum Gasteiger partial charge on any atom is 0.243 e. The summed E-state index contributed by atoms with van der Waals surface area (Å²) in [6.07, 6.45) is 1.45. The molecule has 1 N–H and O–H groups in total. The minimum absolute atomic E-state index is 0.0140. The highest BCUT2D eigenvalue weighted by Crippen LogP contribution is 2.21. The molecule has 178 valence electrons. The number of carbonyl (C=O) groups excluding carboxylic acids is 2. The van der Waals surface area contributed by atoms with E-state index in [-0.39, 0.29) is 30.8 Å². The van der Waals surface area contributed by atoms with E-state index in [2.05, 4.69) is 5.32 Å². The molecule has 0 aliphatic rings. The van der Waals surface area contributed by atoms with Crippen molar-refractivity contribution in [2.45, 2.75) is 58.7 Å². The molecule has 34 heavy (non-hydrogen) atoms. The number of halogens is 1. The molecule has 0 aromatic heterocycles. The van der Waals surface area contributed by atoms with Crippen LogP contribution in [0.25, 0.3) is 0 Å². The first-order valence-electron chi connectivity index (χ1n) is 11.8. The molecule has 0 spiro atoms. The van der Waals surface area contributed by atoms with Gasteiger partial charge < -0.3 is 10.2 Å². The zero-order chi connectivity index (χ0) is 24.5. The molecule has 0 unspecified atom stereocenters. The zero-order valence-electron chi connectivity index (χ0n) is 20.1. The van der Waals surface area contributed by atoms with E-state index in [1.807, 2.05) is 99.6 Å². The van der Waals surface area contributed by atoms with Gasteiger partial charge in [-0.3, -0.25) is 9.59 Å². The van der Waals surface area contributed by atoms with E-state index in [1.54, 1.807) is 4.90 Å². The lowest BCUT2D eigenvalue weighted by Crippen LogP contribution is -2.52. The molecule has 0 aliphatic carbocycles. The highest BCUT2D eigenvalue weighted by molar-refractivity contribution is 6.31. The predicted molar refractivity (Wildman–Crippen MR) is 139 cm³/mol. The van der Waals surface area contributed by atoms with Crippen LogP contribution in [0, 0.1) is 6.92 Å². The number of hydrogen-bond donors (Lipinski definition) is 1. The van der Waals surface area contributed by atoms with Gasteiger partial charge in [0.2, 0.25) is 11.8 Å². The van der Waals surface area contributed by atoms with E-state index in [1.165, 1.54) is 0 Å². The third-order valence-corrected chi connectivity index (χ3v) is 6.42. The van der Waals surface area contributed by atoms with Crippen molar-refractivity contribution in [1.29, 1.82) is 0 Å². The van der Waals surface area contributed by atoms with Crippen LogP contribution < -0.4 is 5.32 Å². The Bertz CT molecular complexity index is 1080. The molecule has 0 radical (unpaired) electrons. The van der Waals surface area contributed by atoms with Crippen LogP contribution in [0.3, 0.4) is 0 Å². The number of hydrogen-bond acceptors (Lipinski definition) is 2. The Morgan fingerprint density at radius 3 is 2.21 bits per heavy atom. The van der Waals surface area contributed by atoms with Gasteiger partial charge in [-0.05, 0) is 43.0 Å². The summed E-state index contributed by atoms with van der Waals surface area (Å²) in [4.78, 5) is 28.9. The van der Waals surface area contributed by atoms with Gasteiger partial charge in [-0.2, -0.15) is 0 Å². The minimum Gasteiger partial charge on any atom is -0.352 e. The van der Waals surface area contributed by atoms with Gasteiger partial charge in [0.05, 0.1) is 6.42 Å². The van der Waals surface area contributed by atoms with Crippen molar-refractivity contribution in [3.63, 3.8) is 0 Å². The van der Waals surface area contributed by atoms with Crippen LogP contribution in [-0.2, 0) is 29.0 Å². The Morgan fingerprint density at radius 2 is 1.56 bits per heavy atom. The fourth-order valence-corrected chi connectivity index (χ4v) is 3.98. The average molecular weight is 477 g/mol. The van der Waals surface area contributed by atoms with Gasteiger partial charge in [-0.25, -0.2) is 0 Å². The summed E-state index contributed by atoms with van der Waals surface area (Å²) in [6, 6.07) is 24.6. The van der Waals surface area contributed by atoms with Gasteiger partial charge in [0.15, 0.2) is 0 Å². The zero-order valence-corrected chi connectivity index (χ0v) is 20.9. The fourth-order valence-electron chi connectivity index (χ4n) is 3.79. The lowest BCUT2D eigenvalue weighted by molar-refractivity contribution is -0.141. The van der Waals surface area contributed by atoms with Crippen LogP contribution in [0.4, 0.5) is 0 Å². The molecule has 3 aromatic rings. The van der Waals surface area contributed by atoms with E-state index >= 15 is 0 Å². The first-order chi connectivity index (χ1) is 16.4. The summed E-state index contributed by atoms with van der Waals surface area (Å²) in [7, 11) is 0. The van der Waals surface area contributed by atoms with Crippen molar-refractivity contribution in [1.82, 2.24) is 10.2 Å². The van der Waals surface area contributed by atoms with Crippen LogP contribution in [0.15, 0.2) is 78.9 Å². The van der Waals surface area contributed by atoms with Crippen molar-refractivity contribution < 1.29 is 9.59 Å². The molecular formula is C29H33ClN2O2. The second-order valence-electron chi connectivity index (χ2n) is 8.80. The number of aryl methyl sites for hydroxylation is 1. The minimum atomic E-state index is -0.661. The van der Waals surface area contributed by atoms with Crippen molar-refractivity contribution >= 4 is 23.4 Å². The first kappa shape index (κ1) is 25.5. The molecule has 0 saturated carbocycles. The summed E-state index contributed by atoms with van der Waals surface area (Å²) in [5.41, 5.74) is 3.87. The predicted octanol–water partition coefficient (Wildman–Crippen LogP) is 5.75. The highest BCUT2D eigenvalue weighted by Gasteiger charge is 2.31. The number of benzene rings is 3. The Balaban J connectivity index is 1.97. The average Bonchev–Trinajstić information content (AvgIpc) is 2.84. The van der Waals surface area contributed by atoms with E-state index in [0.29, 0.717) is 11.4 Å². The van der Waals surface area contributed by atoms with Crippen LogP contribution in [0.1, 0.15) is 42.5 Å². The SMILES string of the molecule is CC[C@@H](C)NC(=O)[C@H](Cc1ccccc1)N(Cc1ccccc1Cl)C(=O)Cc1ccc(C)cc1. The van der Waals surface area contributed by atoms with Crippen LogP contribution in [0.5, 0.6) is 0 Å². The van der Waals surface area contributed by atoms with E-state index in [0.717, 1.165) is 28.7 Å². The summed E-state index contributed by atoms with van der Waals surface area (Å²) in [5, 5.41) is 3.67. The molecule has 0 bridgehead atoms. The number of nitrogens with one attached hydrogen (secondary N) is 1. The normalized spacial score (nSPS) is 12.6. The topological polar surface area (TPSA) is 49.4 Å². The Labute approximate surface area is 207 Å². The molecule has 0 aliphatic heterocycles. The molecule has 2 amide bonds. The number of amides is 2. The van der Waals surface area contributed by atoms with E-state index in [4.69, 9.17) is 11.6 Å². The van der Waals surface area contributed by atoms with Crippen LogP contribution in [-0.4, -0.2) is 28.8 Å². The van der Waals surface area contributed by atoms with Gasteiger partial charge in [0, 0.05) is 24.0 Å². The number of carbonyl (C=O) groups is 2.